The summed E-state index contributed by atoms with van der Waals surface area (Å²) in [6, 6.07) is 18.8. The highest BCUT2D eigenvalue weighted by atomic mass is 35.5. The molecule has 0 bridgehead atoms. The average molecular weight is 509 g/mol. The minimum absolute atomic E-state index is 0. The van der Waals surface area contributed by atoms with Crippen LogP contribution in [0.15, 0.2) is 54.7 Å². The third-order valence-corrected chi connectivity index (χ3v) is 8.23. The SMILES string of the molecule is Cc1cccc(C(CCNC2CCN(C(N)=O)CC2)c2cn(C3CCCCC3)c3ccccc23)c1.Cl. The van der Waals surface area contributed by atoms with Gasteiger partial charge in [-0.2, -0.15) is 0 Å². The van der Waals surface area contributed by atoms with Crippen LogP contribution in [-0.2, 0) is 0 Å². The van der Waals surface area contributed by atoms with Gasteiger partial charge in [0, 0.05) is 48.2 Å². The van der Waals surface area contributed by atoms with Crippen molar-refractivity contribution < 1.29 is 4.79 Å². The van der Waals surface area contributed by atoms with E-state index in [2.05, 4.69) is 71.5 Å². The number of para-hydroxylation sites is 1. The molecule has 1 aromatic heterocycles. The highest BCUT2D eigenvalue weighted by Crippen LogP contribution is 2.39. The van der Waals surface area contributed by atoms with Gasteiger partial charge in [-0.05, 0) is 62.8 Å². The highest BCUT2D eigenvalue weighted by molar-refractivity contribution is 5.85. The number of nitrogens with zero attached hydrogens (tertiary/aromatic N) is 2. The van der Waals surface area contributed by atoms with E-state index in [1.165, 1.54) is 59.7 Å². The molecule has 36 heavy (non-hydrogen) atoms. The summed E-state index contributed by atoms with van der Waals surface area (Å²) in [7, 11) is 0. The topological polar surface area (TPSA) is 63.3 Å². The van der Waals surface area contributed by atoms with Gasteiger partial charge < -0.3 is 20.5 Å². The van der Waals surface area contributed by atoms with Crippen molar-refractivity contribution in [1.29, 1.82) is 0 Å². The first-order chi connectivity index (χ1) is 17.1. The van der Waals surface area contributed by atoms with E-state index >= 15 is 0 Å². The second-order valence-electron chi connectivity index (χ2n) is 10.6. The Hall–Kier alpha value is -2.50. The Labute approximate surface area is 221 Å². The van der Waals surface area contributed by atoms with E-state index in [-0.39, 0.29) is 18.4 Å². The number of primary amides is 1. The van der Waals surface area contributed by atoms with Gasteiger partial charge in [0.05, 0.1) is 0 Å². The maximum atomic E-state index is 11.5. The van der Waals surface area contributed by atoms with E-state index in [9.17, 15) is 4.79 Å². The molecule has 0 radical (unpaired) electrons. The number of likely N-dealkylation sites (tertiary alicyclic amines) is 1. The van der Waals surface area contributed by atoms with Gasteiger partial charge in [0.1, 0.15) is 0 Å². The van der Waals surface area contributed by atoms with Crippen LogP contribution < -0.4 is 11.1 Å². The molecule has 2 aliphatic rings. The van der Waals surface area contributed by atoms with Crippen LogP contribution in [0.2, 0.25) is 0 Å². The number of nitrogens with two attached hydrogens (primary N) is 1. The van der Waals surface area contributed by atoms with Crippen molar-refractivity contribution in [3.63, 3.8) is 0 Å². The molecule has 3 N–H and O–H groups in total. The molecule has 2 fully saturated rings. The van der Waals surface area contributed by atoms with Gasteiger partial charge in [0.25, 0.3) is 0 Å². The lowest BCUT2D eigenvalue weighted by Gasteiger charge is -2.31. The van der Waals surface area contributed by atoms with Crippen molar-refractivity contribution in [2.24, 2.45) is 5.73 Å². The van der Waals surface area contributed by atoms with E-state index < -0.39 is 0 Å². The van der Waals surface area contributed by atoms with Crippen LogP contribution in [0.1, 0.15) is 80.0 Å². The summed E-state index contributed by atoms with van der Waals surface area (Å²) in [4.78, 5) is 13.2. The fraction of sp³-hybridized carbons (Fsp3) is 0.500. The molecule has 1 unspecified atom stereocenters. The van der Waals surface area contributed by atoms with Crippen LogP contribution in [0.4, 0.5) is 4.79 Å². The number of urea groups is 1. The normalized spacial score (nSPS) is 18.2. The minimum Gasteiger partial charge on any atom is -0.351 e. The van der Waals surface area contributed by atoms with Crippen LogP contribution in [-0.4, -0.2) is 41.2 Å². The largest absolute Gasteiger partial charge is 0.351 e. The molecule has 5 rings (SSSR count). The number of carbonyl (C=O) groups excluding carboxylic acids is 1. The first kappa shape index (κ1) is 26.6. The van der Waals surface area contributed by atoms with Gasteiger partial charge in [0.15, 0.2) is 0 Å². The fourth-order valence-corrected chi connectivity index (χ4v) is 6.30. The minimum atomic E-state index is -0.294. The summed E-state index contributed by atoms with van der Waals surface area (Å²) >= 11 is 0. The van der Waals surface area contributed by atoms with E-state index in [4.69, 9.17) is 5.73 Å². The Morgan fingerprint density at radius 3 is 2.50 bits per heavy atom. The van der Waals surface area contributed by atoms with Crippen LogP contribution in [0.5, 0.6) is 0 Å². The number of fused-ring (bicyclic) bond motifs is 1. The number of amides is 2. The summed E-state index contributed by atoms with van der Waals surface area (Å²) in [6.45, 7) is 4.66. The summed E-state index contributed by atoms with van der Waals surface area (Å²) in [6.07, 6.45) is 12.1. The number of benzene rings is 2. The summed E-state index contributed by atoms with van der Waals surface area (Å²) in [5.41, 5.74) is 11.0. The quantitative estimate of drug-likeness (QED) is 0.381. The number of hydrogen-bond acceptors (Lipinski definition) is 2. The average Bonchev–Trinajstić information content (AvgIpc) is 3.27. The van der Waals surface area contributed by atoms with E-state index in [0.29, 0.717) is 18.0 Å². The van der Waals surface area contributed by atoms with E-state index in [1.54, 1.807) is 4.90 Å². The molecule has 1 saturated carbocycles. The molecule has 2 heterocycles. The number of carbonyl (C=O) groups is 1. The molecule has 2 aromatic carbocycles. The van der Waals surface area contributed by atoms with Gasteiger partial charge in [-0.15, -0.1) is 12.4 Å². The molecule has 6 heteroatoms. The maximum Gasteiger partial charge on any atom is 0.314 e. The standard InChI is InChI=1S/C30H40N4O.ClH/c1-22-8-7-9-23(20-22)26(14-17-32-24-15-18-33(19-16-24)30(31)35)28-21-34(25-10-3-2-4-11-25)29-13-6-5-12-27(28)29;/h5-9,12-13,20-21,24-26,32H,2-4,10-11,14-19H2,1H3,(H2,31,35);1H. The Kier molecular flexibility index (Phi) is 8.97. The highest BCUT2D eigenvalue weighted by Gasteiger charge is 2.25. The van der Waals surface area contributed by atoms with Crippen LogP contribution in [0.3, 0.4) is 0 Å². The number of halogens is 1. The van der Waals surface area contributed by atoms with Gasteiger partial charge in [-0.1, -0.05) is 67.3 Å². The van der Waals surface area contributed by atoms with E-state index in [0.717, 1.165) is 38.9 Å². The fourth-order valence-electron chi connectivity index (χ4n) is 6.30. The Morgan fingerprint density at radius 2 is 1.78 bits per heavy atom. The first-order valence-electron chi connectivity index (χ1n) is 13.5. The number of rotatable bonds is 7. The van der Waals surface area contributed by atoms with Crippen LogP contribution in [0.25, 0.3) is 10.9 Å². The van der Waals surface area contributed by atoms with Crippen molar-refractivity contribution >= 4 is 29.3 Å². The molecule has 194 valence electrons. The van der Waals surface area contributed by atoms with Gasteiger partial charge in [0.2, 0.25) is 0 Å². The zero-order valence-corrected chi connectivity index (χ0v) is 22.3. The Balaban J connectivity index is 0.00000304. The number of piperidine rings is 1. The molecular formula is C30H41ClN4O. The lowest BCUT2D eigenvalue weighted by atomic mass is 9.87. The molecule has 1 atom stereocenters. The lowest BCUT2D eigenvalue weighted by molar-refractivity contribution is 0.185. The third-order valence-electron chi connectivity index (χ3n) is 8.23. The summed E-state index contributed by atoms with van der Waals surface area (Å²) < 4.78 is 2.60. The van der Waals surface area contributed by atoms with Gasteiger partial charge in [-0.25, -0.2) is 4.79 Å². The zero-order valence-electron chi connectivity index (χ0n) is 21.5. The number of aromatic nitrogens is 1. The summed E-state index contributed by atoms with van der Waals surface area (Å²) in [5, 5.41) is 5.20. The Bertz CT molecular complexity index is 1140. The molecule has 3 aromatic rings. The molecule has 1 aliphatic heterocycles. The van der Waals surface area contributed by atoms with E-state index in [1.807, 2.05) is 0 Å². The molecular weight excluding hydrogens is 468 g/mol. The molecule has 1 saturated heterocycles. The van der Waals surface area contributed by atoms with Crippen LogP contribution >= 0.6 is 12.4 Å². The van der Waals surface area contributed by atoms with Crippen molar-refractivity contribution in [1.82, 2.24) is 14.8 Å². The Morgan fingerprint density at radius 1 is 1.03 bits per heavy atom. The predicted octanol–water partition coefficient (Wildman–Crippen LogP) is 6.53. The van der Waals surface area contributed by atoms with Crippen molar-refractivity contribution in [2.45, 2.75) is 76.3 Å². The smallest absolute Gasteiger partial charge is 0.314 e. The number of hydrogen-bond donors (Lipinski definition) is 2. The molecule has 0 spiro atoms. The second-order valence-corrected chi connectivity index (χ2v) is 10.6. The molecule has 1 aliphatic carbocycles. The summed E-state index contributed by atoms with van der Waals surface area (Å²) in [5.74, 6) is 0.350. The zero-order chi connectivity index (χ0) is 24.2. The number of nitrogens with one attached hydrogen (secondary N) is 1. The molecule has 2 amide bonds. The number of aryl methyl sites for hydroxylation is 1. The second kappa shape index (κ2) is 12.2. The lowest BCUT2D eigenvalue weighted by Crippen LogP contribution is -2.47. The van der Waals surface area contributed by atoms with Crippen molar-refractivity contribution in [3.8, 4) is 0 Å². The van der Waals surface area contributed by atoms with Gasteiger partial charge in [-0.3, -0.25) is 0 Å². The monoisotopic (exact) mass is 508 g/mol. The first-order valence-corrected chi connectivity index (χ1v) is 13.5. The van der Waals surface area contributed by atoms with Gasteiger partial charge >= 0.3 is 6.03 Å². The van der Waals surface area contributed by atoms with Crippen LogP contribution in [0, 0.1) is 6.92 Å². The van der Waals surface area contributed by atoms with Crippen molar-refractivity contribution in [3.05, 3.63) is 71.4 Å². The van der Waals surface area contributed by atoms with Crippen molar-refractivity contribution in [2.75, 3.05) is 19.6 Å². The molecule has 5 nitrogen and oxygen atoms in total. The maximum absolute atomic E-state index is 11.5. The predicted molar refractivity (Wildman–Crippen MR) is 151 cm³/mol. The third kappa shape index (κ3) is 5.90.